The van der Waals surface area contributed by atoms with Crippen molar-refractivity contribution < 1.29 is 13.2 Å². The van der Waals surface area contributed by atoms with E-state index in [1.165, 1.54) is 10.4 Å². The van der Waals surface area contributed by atoms with E-state index in [1.807, 2.05) is 0 Å². The molecule has 2 fully saturated rings. The minimum absolute atomic E-state index is 0.0204. The SMILES string of the molecule is Cc1c(CN)cc(Cl)cc1S(=O)(=O)N1CC2CCC(C1)O2. The zero-order chi connectivity index (χ0) is 15.2. The standard InChI is InChI=1S/C14H19ClN2O3S/c1-9-10(6-16)4-11(15)5-14(9)21(18,19)17-7-12-2-3-13(8-17)20-12/h4-5,12-13H,2-3,6-8,16H2,1H3. The van der Waals surface area contributed by atoms with Gasteiger partial charge in [0.05, 0.1) is 17.1 Å². The highest BCUT2D eigenvalue weighted by Gasteiger charge is 2.40. The van der Waals surface area contributed by atoms with Crippen LogP contribution < -0.4 is 5.73 Å². The molecule has 2 saturated heterocycles. The van der Waals surface area contributed by atoms with Gasteiger partial charge in [-0.05, 0) is 43.0 Å². The van der Waals surface area contributed by atoms with Gasteiger partial charge in [-0.2, -0.15) is 4.31 Å². The number of nitrogens with zero attached hydrogens (tertiary/aromatic N) is 1. The van der Waals surface area contributed by atoms with Crippen LogP contribution in [-0.2, 0) is 21.3 Å². The summed E-state index contributed by atoms with van der Waals surface area (Å²) in [7, 11) is -3.56. The number of rotatable bonds is 3. The number of hydrogen-bond acceptors (Lipinski definition) is 4. The molecule has 2 aliphatic rings. The fourth-order valence-electron chi connectivity index (χ4n) is 3.10. The molecule has 2 unspecified atom stereocenters. The normalized spacial score (nSPS) is 26.2. The van der Waals surface area contributed by atoms with Crippen LogP contribution in [0.5, 0.6) is 0 Å². The molecule has 0 aromatic heterocycles. The van der Waals surface area contributed by atoms with Crippen LogP contribution in [-0.4, -0.2) is 38.0 Å². The smallest absolute Gasteiger partial charge is 0.243 e. The largest absolute Gasteiger partial charge is 0.372 e. The van der Waals surface area contributed by atoms with Crippen molar-refractivity contribution in [2.75, 3.05) is 13.1 Å². The lowest BCUT2D eigenvalue weighted by Gasteiger charge is -2.31. The van der Waals surface area contributed by atoms with Crippen LogP contribution in [0.1, 0.15) is 24.0 Å². The maximum Gasteiger partial charge on any atom is 0.243 e. The van der Waals surface area contributed by atoms with Gasteiger partial charge in [0.2, 0.25) is 10.0 Å². The Balaban J connectivity index is 2.00. The summed E-state index contributed by atoms with van der Waals surface area (Å²) >= 11 is 6.05. The molecule has 0 radical (unpaired) electrons. The summed E-state index contributed by atoms with van der Waals surface area (Å²) < 4.78 is 33.1. The number of fused-ring (bicyclic) bond motifs is 2. The van der Waals surface area contributed by atoms with Crippen LogP contribution in [0, 0.1) is 6.92 Å². The number of hydrogen-bond donors (Lipinski definition) is 1. The summed E-state index contributed by atoms with van der Waals surface area (Å²) in [4.78, 5) is 0.261. The third-order valence-electron chi connectivity index (χ3n) is 4.28. The number of halogens is 1. The Morgan fingerprint density at radius 3 is 2.52 bits per heavy atom. The Hall–Kier alpha value is -0.660. The van der Waals surface area contributed by atoms with Crippen LogP contribution in [0.4, 0.5) is 0 Å². The van der Waals surface area contributed by atoms with Crippen molar-refractivity contribution >= 4 is 21.6 Å². The highest BCUT2D eigenvalue weighted by Crippen LogP contribution is 2.32. The molecule has 2 bridgehead atoms. The summed E-state index contributed by atoms with van der Waals surface area (Å²) in [5, 5.41) is 0.399. The molecule has 0 spiro atoms. The van der Waals surface area contributed by atoms with E-state index in [-0.39, 0.29) is 23.6 Å². The fourth-order valence-corrected chi connectivity index (χ4v) is 5.20. The Labute approximate surface area is 130 Å². The van der Waals surface area contributed by atoms with Crippen LogP contribution >= 0.6 is 11.6 Å². The van der Waals surface area contributed by atoms with E-state index in [1.54, 1.807) is 13.0 Å². The Morgan fingerprint density at radius 2 is 1.95 bits per heavy atom. The first-order chi connectivity index (χ1) is 9.91. The molecule has 0 aliphatic carbocycles. The van der Waals surface area contributed by atoms with Gasteiger partial charge in [-0.3, -0.25) is 0 Å². The van der Waals surface area contributed by atoms with Crippen molar-refractivity contribution in [1.82, 2.24) is 4.31 Å². The van der Waals surface area contributed by atoms with Crippen molar-refractivity contribution in [2.24, 2.45) is 5.73 Å². The molecule has 3 rings (SSSR count). The fraction of sp³-hybridized carbons (Fsp3) is 0.571. The zero-order valence-electron chi connectivity index (χ0n) is 11.9. The van der Waals surface area contributed by atoms with Gasteiger partial charge < -0.3 is 10.5 Å². The van der Waals surface area contributed by atoms with Crippen molar-refractivity contribution in [3.8, 4) is 0 Å². The van der Waals surface area contributed by atoms with Crippen molar-refractivity contribution in [1.29, 1.82) is 0 Å². The average Bonchev–Trinajstić information content (AvgIpc) is 2.79. The summed E-state index contributed by atoms with van der Waals surface area (Å²) in [5.41, 5.74) is 7.12. The molecule has 2 heterocycles. The lowest BCUT2D eigenvalue weighted by molar-refractivity contribution is -0.0114. The summed E-state index contributed by atoms with van der Waals surface area (Å²) in [6, 6.07) is 3.24. The van der Waals surface area contributed by atoms with E-state index < -0.39 is 10.0 Å². The highest BCUT2D eigenvalue weighted by molar-refractivity contribution is 7.89. The van der Waals surface area contributed by atoms with E-state index in [2.05, 4.69) is 0 Å². The molecule has 116 valence electrons. The maximum absolute atomic E-state index is 12.9. The molecule has 2 aliphatic heterocycles. The molecule has 21 heavy (non-hydrogen) atoms. The predicted molar refractivity (Wildman–Crippen MR) is 80.7 cm³/mol. The van der Waals surface area contributed by atoms with Crippen molar-refractivity contribution in [2.45, 2.75) is 43.4 Å². The topological polar surface area (TPSA) is 72.6 Å². The minimum Gasteiger partial charge on any atom is -0.372 e. The maximum atomic E-state index is 12.9. The van der Waals surface area contributed by atoms with Gasteiger partial charge in [0.15, 0.2) is 0 Å². The van der Waals surface area contributed by atoms with Crippen molar-refractivity contribution in [3.63, 3.8) is 0 Å². The van der Waals surface area contributed by atoms with Gasteiger partial charge in [-0.25, -0.2) is 8.42 Å². The quantitative estimate of drug-likeness (QED) is 0.914. The van der Waals surface area contributed by atoms with E-state index in [9.17, 15) is 8.42 Å². The van der Waals surface area contributed by atoms with Crippen LogP contribution in [0.15, 0.2) is 17.0 Å². The van der Waals surface area contributed by atoms with E-state index in [0.29, 0.717) is 23.7 Å². The van der Waals surface area contributed by atoms with Crippen LogP contribution in [0.25, 0.3) is 0 Å². The van der Waals surface area contributed by atoms with Gasteiger partial charge >= 0.3 is 0 Å². The summed E-state index contributed by atoms with van der Waals surface area (Å²) in [5.74, 6) is 0. The first kappa shape index (κ1) is 15.2. The molecular weight excluding hydrogens is 312 g/mol. The van der Waals surface area contributed by atoms with Gasteiger partial charge in [-0.1, -0.05) is 11.6 Å². The monoisotopic (exact) mass is 330 g/mol. The number of nitrogens with two attached hydrogens (primary N) is 1. The Kier molecular flexibility index (Phi) is 4.00. The number of benzene rings is 1. The molecule has 7 heteroatoms. The third kappa shape index (κ3) is 2.71. The zero-order valence-corrected chi connectivity index (χ0v) is 13.5. The van der Waals surface area contributed by atoms with E-state index >= 15 is 0 Å². The Morgan fingerprint density at radius 1 is 1.33 bits per heavy atom. The van der Waals surface area contributed by atoms with Gasteiger partial charge in [0.1, 0.15) is 0 Å². The average molecular weight is 331 g/mol. The molecule has 1 aromatic rings. The highest BCUT2D eigenvalue weighted by atomic mass is 35.5. The lowest BCUT2D eigenvalue weighted by atomic mass is 10.1. The Bertz CT molecular complexity index is 650. The second-order valence-electron chi connectivity index (χ2n) is 5.67. The first-order valence-corrected chi connectivity index (χ1v) is 8.88. The van der Waals surface area contributed by atoms with Gasteiger partial charge in [0.25, 0.3) is 0 Å². The van der Waals surface area contributed by atoms with E-state index in [0.717, 1.165) is 18.4 Å². The predicted octanol–water partition coefficient (Wildman–Crippen LogP) is 1.66. The van der Waals surface area contributed by atoms with Crippen LogP contribution in [0.2, 0.25) is 5.02 Å². The second-order valence-corrected chi connectivity index (χ2v) is 8.01. The number of morpholine rings is 1. The van der Waals surface area contributed by atoms with Gasteiger partial charge in [-0.15, -0.1) is 0 Å². The van der Waals surface area contributed by atoms with Crippen molar-refractivity contribution in [3.05, 3.63) is 28.3 Å². The molecule has 1 aromatic carbocycles. The first-order valence-electron chi connectivity index (χ1n) is 7.06. The second kappa shape index (κ2) is 5.52. The molecule has 2 atom stereocenters. The summed E-state index contributed by atoms with van der Waals surface area (Å²) in [6.45, 7) is 2.88. The van der Waals surface area contributed by atoms with E-state index in [4.69, 9.17) is 22.1 Å². The molecule has 0 saturated carbocycles. The number of sulfonamides is 1. The molecule has 5 nitrogen and oxygen atoms in total. The third-order valence-corrected chi connectivity index (χ3v) is 6.46. The molecule has 2 N–H and O–H groups in total. The lowest BCUT2D eigenvalue weighted by Crippen LogP contribution is -2.45. The van der Waals surface area contributed by atoms with Gasteiger partial charge in [0, 0.05) is 24.7 Å². The number of ether oxygens (including phenoxy) is 1. The molecular formula is C14H19ClN2O3S. The van der Waals surface area contributed by atoms with Crippen LogP contribution in [0.3, 0.4) is 0 Å². The molecule has 0 amide bonds. The minimum atomic E-state index is -3.56. The summed E-state index contributed by atoms with van der Waals surface area (Å²) in [6.07, 6.45) is 1.90.